The molecular weight excluding hydrogens is 330 g/mol. The topological polar surface area (TPSA) is 62.3 Å². The number of piperidine rings is 1. The van der Waals surface area contributed by atoms with Crippen LogP contribution in [0, 0.1) is 5.92 Å². The van der Waals surface area contributed by atoms with Gasteiger partial charge in [0.15, 0.2) is 5.13 Å². The highest BCUT2D eigenvalue weighted by Crippen LogP contribution is 2.21. The first-order valence-corrected chi connectivity index (χ1v) is 9.19. The van der Waals surface area contributed by atoms with Gasteiger partial charge in [0.05, 0.1) is 0 Å². The van der Waals surface area contributed by atoms with Gasteiger partial charge < -0.3 is 10.2 Å². The Hall–Kier alpha value is -1.99. The predicted octanol–water partition coefficient (Wildman–Crippen LogP) is 3.10. The van der Waals surface area contributed by atoms with Crippen molar-refractivity contribution in [2.24, 2.45) is 5.92 Å². The smallest absolute Gasteiger partial charge is 0.246 e. The first-order valence-electron chi connectivity index (χ1n) is 7.43. The van der Waals surface area contributed by atoms with Crippen LogP contribution in [0.5, 0.6) is 0 Å². The van der Waals surface area contributed by atoms with Crippen molar-refractivity contribution in [2.75, 3.05) is 18.4 Å². The van der Waals surface area contributed by atoms with Gasteiger partial charge in [-0.1, -0.05) is 6.07 Å². The highest BCUT2D eigenvalue weighted by Gasteiger charge is 2.26. The maximum absolute atomic E-state index is 12.2. The van der Waals surface area contributed by atoms with Crippen LogP contribution in [0.25, 0.3) is 6.08 Å². The normalized spacial score (nSPS) is 15.9. The maximum atomic E-state index is 12.2. The SMILES string of the molecule is O=C(Nc1nccs1)C1CCN(C(=O)C=Cc2cccs2)CC1. The van der Waals surface area contributed by atoms with Crippen molar-refractivity contribution in [3.05, 3.63) is 40.0 Å². The predicted molar refractivity (Wildman–Crippen MR) is 93.4 cm³/mol. The number of amides is 2. The standard InChI is InChI=1S/C16H17N3O2S2/c20-14(4-3-13-2-1-10-22-13)19-8-5-12(6-9-19)15(21)18-16-17-7-11-23-16/h1-4,7,10-12H,5-6,8-9H2,(H,17,18,21). The molecule has 3 rings (SSSR count). The molecule has 0 unspecified atom stereocenters. The van der Waals surface area contributed by atoms with Crippen molar-refractivity contribution in [1.82, 2.24) is 9.88 Å². The Bertz CT molecular complexity index is 672. The molecule has 5 nitrogen and oxygen atoms in total. The lowest BCUT2D eigenvalue weighted by Gasteiger charge is -2.30. The lowest BCUT2D eigenvalue weighted by atomic mass is 9.96. The van der Waals surface area contributed by atoms with Crippen molar-refractivity contribution < 1.29 is 9.59 Å². The van der Waals surface area contributed by atoms with Crippen molar-refractivity contribution in [2.45, 2.75) is 12.8 Å². The molecule has 1 saturated heterocycles. The van der Waals surface area contributed by atoms with E-state index in [0.717, 1.165) is 4.88 Å². The van der Waals surface area contributed by atoms with Crippen LogP contribution in [-0.4, -0.2) is 34.8 Å². The van der Waals surface area contributed by atoms with Gasteiger partial charge in [-0.2, -0.15) is 0 Å². The number of thiazole rings is 1. The molecule has 7 heteroatoms. The lowest BCUT2D eigenvalue weighted by Crippen LogP contribution is -2.40. The fraction of sp³-hybridized carbons (Fsp3) is 0.312. The highest BCUT2D eigenvalue weighted by atomic mass is 32.1. The molecule has 2 aromatic rings. The number of carbonyl (C=O) groups is 2. The van der Waals surface area contributed by atoms with Crippen LogP contribution in [0.2, 0.25) is 0 Å². The Morgan fingerprint density at radius 1 is 1.26 bits per heavy atom. The van der Waals surface area contributed by atoms with Gasteiger partial charge in [0, 0.05) is 41.5 Å². The highest BCUT2D eigenvalue weighted by molar-refractivity contribution is 7.13. The molecule has 1 fully saturated rings. The van der Waals surface area contributed by atoms with Crippen LogP contribution in [0.3, 0.4) is 0 Å². The summed E-state index contributed by atoms with van der Waals surface area (Å²) in [7, 11) is 0. The number of thiophene rings is 1. The summed E-state index contributed by atoms with van der Waals surface area (Å²) in [6, 6.07) is 3.94. The summed E-state index contributed by atoms with van der Waals surface area (Å²) in [5.41, 5.74) is 0. The fourth-order valence-corrected chi connectivity index (χ4v) is 3.65. The van der Waals surface area contributed by atoms with Gasteiger partial charge >= 0.3 is 0 Å². The van der Waals surface area contributed by atoms with E-state index in [-0.39, 0.29) is 17.7 Å². The van der Waals surface area contributed by atoms with E-state index in [1.54, 1.807) is 28.5 Å². The van der Waals surface area contributed by atoms with Crippen LogP contribution in [0.15, 0.2) is 35.2 Å². The summed E-state index contributed by atoms with van der Waals surface area (Å²) < 4.78 is 0. The number of hydrogen-bond donors (Lipinski definition) is 1. The molecule has 0 atom stereocenters. The molecule has 1 aliphatic rings. The monoisotopic (exact) mass is 347 g/mol. The summed E-state index contributed by atoms with van der Waals surface area (Å²) in [5, 5.41) is 7.28. The average Bonchev–Trinajstić information content (AvgIpc) is 3.26. The Labute approximate surface area is 142 Å². The van der Waals surface area contributed by atoms with Gasteiger partial charge in [-0.15, -0.1) is 22.7 Å². The van der Waals surface area contributed by atoms with E-state index in [0.29, 0.717) is 31.1 Å². The second kappa shape index (κ2) is 7.52. The summed E-state index contributed by atoms with van der Waals surface area (Å²) in [6.45, 7) is 1.23. The minimum absolute atomic E-state index is 0.00109. The third-order valence-corrected chi connectivity index (χ3v) is 5.30. The number of aromatic nitrogens is 1. The third kappa shape index (κ3) is 4.27. The van der Waals surface area contributed by atoms with Crippen molar-refractivity contribution in [1.29, 1.82) is 0 Å². The quantitative estimate of drug-likeness (QED) is 0.865. The summed E-state index contributed by atoms with van der Waals surface area (Å²) in [6.07, 6.45) is 6.50. The Kier molecular flexibility index (Phi) is 5.19. The lowest BCUT2D eigenvalue weighted by molar-refractivity contribution is -0.130. The number of carbonyl (C=O) groups excluding carboxylic acids is 2. The van der Waals surface area contributed by atoms with Crippen molar-refractivity contribution >= 4 is 45.7 Å². The van der Waals surface area contributed by atoms with Gasteiger partial charge in [0.1, 0.15) is 0 Å². The molecule has 1 aliphatic heterocycles. The molecule has 23 heavy (non-hydrogen) atoms. The molecule has 0 radical (unpaired) electrons. The Morgan fingerprint density at radius 3 is 2.74 bits per heavy atom. The number of nitrogens with zero attached hydrogens (tertiary/aromatic N) is 2. The van der Waals surface area contributed by atoms with Crippen molar-refractivity contribution in [3.8, 4) is 0 Å². The number of likely N-dealkylation sites (tertiary alicyclic amines) is 1. The molecule has 3 heterocycles. The maximum Gasteiger partial charge on any atom is 0.246 e. The first-order chi connectivity index (χ1) is 11.2. The molecule has 2 amide bonds. The van der Waals surface area contributed by atoms with Crippen LogP contribution in [0.4, 0.5) is 5.13 Å². The second-order valence-electron chi connectivity index (χ2n) is 5.27. The van der Waals surface area contributed by atoms with Gasteiger partial charge in [-0.05, 0) is 30.4 Å². The number of nitrogens with one attached hydrogen (secondary N) is 1. The largest absolute Gasteiger partial charge is 0.339 e. The first kappa shape index (κ1) is 15.9. The Morgan fingerprint density at radius 2 is 2.09 bits per heavy atom. The zero-order chi connectivity index (χ0) is 16.1. The van der Waals surface area contributed by atoms with Gasteiger partial charge in [0.2, 0.25) is 11.8 Å². The Balaban J connectivity index is 1.48. The summed E-state index contributed by atoms with van der Waals surface area (Å²) in [4.78, 5) is 31.2. The van der Waals surface area contributed by atoms with E-state index in [4.69, 9.17) is 0 Å². The van der Waals surface area contributed by atoms with Crippen LogP contribution < -0.4 is 5.32 Å². The number of anilines is 1. The number of hydrogen-bond acceptors (Lipinski definition) is 5. The number of rotatable bonds is 4. The summed E-state index contributed by atoms with van der Waals surface area (Å²) >= 11 is 3.01. The fourth-order valence-electron chi connectivity index (χ4n) is 2.50. The van der Waals surface area contributed by atoms with Crippen LogP contribution in [0.1, 0.15) is 17.7 Å². The molecule has 0 aliphatic carbocycles. The molecule has 0 saturated carbocycles. The van der Waals surface area contributed by atoms with E-state index in [9.17, 15) is 9.59 Å². The molecule has 2 aromatic heterocycles. The van der Waals surface area contributed by atoms with Crippen LogP contribution in [-0.2, 0) is 9.59 Å². The molecule has 1 N–H and O–H groups in total. The minimum Gasteiger partial charge on any atom is -0.339 e. The molecular formula is C16H17N3O2S2. The summed E-state index contributed by atoms with van der Waals surface area (Å²) in [5.74, 6) is -0.0393. The van der Waals surface area contributed by atoms with E-state index in [1.807, 2.05) is 29.0 Å². The zero-order valence-electron chi connectivity index (χ0n) is 12.5. The van der Waals surface area contributed by atoms with Crippen LogP contribution >= 0.6 is 22.7 Å². The zero-order valence-corrected chi connectivity index (χ0v) is 14.1. The minimum atomic E-state index is -0.0516. The van der Waals surface area contributed by atoms with E-state index < -0.39 is 0 Å². The van der Waals surface area contributed by atoms with E-state index in [1.165, 1.54) is 11.3 Å². The molecule has 120 valence electrons. The third-order valence-electron chi connectivity index (χ3n) is 3.77. The van der Waals surface area contributed by atoms with E-state index >= 15 is 0 Å². The van der Waals surface area contributed by atoms with Gasteiger partial charge in [0.25, 0.3) is 0 Å². The average molecular weight is 347 g/mol. The van der Waals surface area contributed by atoms with Gasteiger partial charge in [-0.3, -0.25) is 9.59 Å². The van der Waals surface area contributed by atoms with E-state index in [2.05, 4.69) is 10.3 Å². The van der Waals surface area contributed by atoms with Crippen molar-refractivity contribution in [3.63, 3.8) is 0 Å². The van der Waals surface area contributed by atoms with Gasteiger partial charge in [-0.25, -0.2) is 4.98 Å². The molecule has 0 bridgehead atoms. The molecule has 0 aromatic carbocycles. The second-order valence-corrected chi connectivity index (χ2v) is 7.15. The molecule has 0 spiro atoms.